The third-order valence-electron chi connectivity index (χ3n) is 8.92. The molecular weight excluding hydrogens is 633 g/mol. The molecule has 0 amide bonds. The van der Waals surface area contributed by atoms with E-state index in [1.54, 1.807) is 13.8 Å². The molecule has 0 aliphatic carbocycles. The van der Waals surface area contributed by atoms with Crippen molar-refractivity contribution < 1.29 is 28.5 Å². The van der Waals surface area contributed by atoms with Gasteiger partial charge in [-0.25, -0.2) is 4.79 Å². The molecule has 0 saturated heterocycles. The van der Waals surface area contributed by atoms with E-state index in [-0.39, 0.29) is 28.9 Å². The lowest BCUT2D eigenvalue weighted by molar-refractivity contribution is -0.217. The summed E-state index contributed by atoms with van der Waals surface area (Å²) in [6.45, 7) is 21.4. The van der Waals surface area contributed by atoms with E-state index in [4.69, 9.17) is 18.6 Å². The van der Waals surface area contributed by atoms with Crippen molar-refractivity contribution in [3.63, 3.8) is 0 Å². The van der Waals surface area contributed by atoms with Gasteiger partial charge in [0.15, 0.2) is 0 Å². The van der Waals surface area contributed by atoms with Crippen molar-refractivity contribution in [1.82, 2.24) is 0 Å². The lowest BCUT2D eigenvalue weighted by Gasteiger charge is -2.44. The highest BCUT2D eigenvalue weighted by Crippen LogP contribution is 2.40. The van der Waals surface area contributed by atoms with Crippen LogP contribution in [0.25, 0.3) is 0 Å². The second kappa shape index (κ2) is 15.3. The number of esters is 1. The Morgan fingerprint density at radius 3 is 2.10 bits per heavy atom. The number of rotatable bonds is 11. The summed E-state index contributed by atoms with van der Waals surface area (Å²) in [5, 5.41) is 12.9. The number of aliphatic hydroxyl groups is 1. The first-order valence-corrected chi connectivity index (χ1v) is 22.8. The van der Waals surface area contributed by atoms with Crippen molar-refractivity contribution in [1.29, 1.82) is 0 Å². The number of cyclic esters (lactones) is 1. The van der Waals surface area contributed by atoms with Gasteiger partial charge in [0.1, 0.15) is 25.5 Å². The Morgan fingerprint density at radius 2 is 1.56 bits per heavy atom. The molecule has 2 aliphatic heterocycles. The van der Waals surface area contributed by atoms with Gasteiger partial charge in [0.2, 0.25) is 5.79 Å². The fourth-order valence-corrected chi connectivity index (χ4v) is 11.7. The van der Waals surface area contributed by atoms with Crippen LogP contribution >= 0.6 is 0 Å². The van der Waals surface area contributed by atoms with Crippen molar-refractivity contribution in [2.24, 2.45) is 11.8 Å². The van der Waals surface area contributed by atoms with Gasteiger partial charge in [0, 0.05) is 32.8 Å². The highest BCUT2D eigenvalue weighted by atomic mass is 28.4. The fraction of sp³-hybridized carbons (Fsp3) is 0.525. The van der Waals surface area contributed by atoms with Crippen LogP contribution in [0.15, 0.2) is 84.1 Å². The molecule has 5 atom stereocenters. The van der Waals surface area contributed by atoms with E-state index >= 15 is 0 Å². The quantitative estimate of drug-likeness (QED) is 0.117. The first-order chi connectivity index (χ1) is 22.4. The lowest BCUT2D eigenvalue weighted by atomic mass is 9.91. The average molecular weight is 689 g/mol. The highest BCUT2D eigenvalue weighted by Gasteiger charge is 2.50. The summed E-state index contributed by atoms with van der Waals surface area (Å²) in [4.78, 5) is 13.3. The third kappa shape index (κ3) is 9.39. The maximum Gasteiger partial charge on any atom is 0.343 e. The molecule has 2 aromatic carbocycles. The Kier molecular flexibility index (Phi) is 12.1. The zero-order chi connectivity index (χ0) is 35.3. The predicted molar refractivity (Wildman–Crippen MR) is 199 cm³/mol. The van der Waals surface area contributed by atoms with Crippen LogP contribution in [-0.2, 0) is 23.4 Å². The molecule has 0 radical (unpaired) electrons. The molecule has 0 fully saturated rings. The molecule has 0 bridgehead atoms. The summed E-state index contributed by atoms with van der Waals surface area (Å²) in [5.74, 6) is 2.23. The standard InChI is InChI=1S/C40H56O6Si2/c1-29(21-22-30(2)34(41)24-26-47(8,9)10)27-35-37-36(45-40(6,7)46-38(37)42)28-31(44-35)23-25-43-48(39(3,4)5,32-17-13-11-14-18-32)33-19-15-12-16-20-33/h11-22,29-31,34-35,41H,23,25,27-28H2,1-10H3/b22-21+/t29-,30-,31+,34-,35-/m0/s1. The minimum absolute atomic E-state index is 0.0678. The van der Waals surface area contributed by atoms with Crippen molar-refractivity contribution in [2.45, 2.75) is 117 Å². The zero-order valence-electron chi connectivity index (χ0n) is 30.6. The van der Waals surface area contributed by atoms with Gasteiger partial charge >= 0.3 is 5.97 Å². The number of hydrogen-bond acceptors (Lipinski definition) is 6. The number of hydrogen-bond donors (Lipinski definition) is 1. The minimum atomic E-state index is -2.70. The maximum atomic E-state index is 13.3. The number of allylic oxidation sites excluding steroid dienone is 1. The SMILES string of the molecule is C[C@@H](/C=C/[C@H](C)[C@@H](O)C#C[Si](C)(C)C)C[C@@H]1O[C@H](CCO[Si](c2ccccc2)(c2ccccc2)C(C)(C)C)CC2=C1C(=O)OC(C)(C)O2. The molecule has 1 N–H and O–H groups in total. The van der Waals surface area contributed by atoms with Crippen LogP contribution in [-0.4, -0.2) is 58.2 Å². The summed E-state index contributed by atoms with van der Waals surface area (Å²) in [5.41, 5.74) is 3.74. The molecule has 0 unspecified atom stereocenters. The fourth-order valence-electron chi connectivity index (χ4n) is 6.54. The van der Waals surface area contributed by atoms with Crippen LogP contribution in [0.4, 0.5) is 0 Å². The minimum Gasteiger partial charge on any atom is -0.456 e. The maximum absolute atomic E-state index is 13.3. The molecule has 8 heteroatoms. The van der Waals surface area contributed by atoms with Crippen LogP contribution in [0.5, 0.6) is 0 Å². The topological polar surface area (TPSA) is 74.2 Å². The second-order valence-electron chi connectivity index (χ2n) is 15.9. The van der Waals surface area contributed by atoms with E-state index in [9.17, 15) is 9.90 Å². The number of aliphatic hydroxyl groups excluding tert-OH is 1. The molecule has 4 rings (SSSR count). The Morgan fingerprint density at radius 1 is 0.979 bits per heavy atom. The number of carbonyl (C=O) groups excluding carboxylic acids is 1. The first-order valence-electron chi connectivity index (χ1n) is 17.4. The van der Waals surface area contributed by atoms with Crippen molar-refractivity contribution in [3.8, 4) is 11.5 Å². The first kappa shape index (κ1) is 37.9. The van der Waals surface area contributed by atoms with Crippen LogP contribution in [0.2, 0.25) is 24.7 Å². The molecule has 6 nitrogen and oxygen atoms in total. The smallest absolute Gasteiger partial charge is 0.343 e. The Hall–Kier alpha value is -2.94. The summed E-state index contributed by atoms with van der Waals surface area (Å²) in [6, 6.07) is 21.3. The van der Waals surface area contributed by atoms with E-state index in [1.807, 2.05) is 13.0 Å². The van der Waals surface area contributed by atoms with E-state index in [2.05, 4.69) is 126 Å². The Labute approximate surface area is 291 Å². The molecule has 0 aromatic heterocycles. The monoisotopic (exact) mass is 688 g/mol. The Bertz CT molecular complexity index is 1470. The van der Waals surface area contributed by atoms with Crippen LogP contribution in [0.1, 0.15) is 67.7 Å². The number of carbonyl (C=O) groups is 1. The normalized spacial score (nSPS) is 21.8. The van der Waals surface area contributed by atoms with Crippen LogP contribution in [0.3, 0.4) is 0 Å². The molecule has 0 spiro atoms. The summed E-state index contributed by atoms with van der Waals surface area (Å²) < 4.78 is 25.8. The molecular formula is C40H56O6Si2. The van der Waals surface area contributed by atoms with E-state index < -0.39 is 34.4 Å². The Balaban J connectivity index is 1.54. The van der Waals surface area contributed by atoms with Crippen molar-refractivity contribution in [2.75, 3.05) is 6.61 Å². The van der Waals surface area contributed by atoms with Gasteiger partial charge in [-0.15, -0.1) is 5.54 Å². The van der Waals surface area contributed by atoms with Gasteiger partial charge in [-0.05, 0) is 34.2 Å². The van der Waals surface area contributed by atoms with E-state index in [1.165, 1.54) is 10.4 Å². The molecule has 48 heavy (non-hydrogen) atoms. The highest BCUT2D eigenvalue weighted by molar-refractivity contribution is 6.99. The van der Waals surface area contributed by atoms with Gasteiger partial charge in [-0.2, -0.15) is 0 Å². The van der Waals surface area contributed by atoms with Gasteiger partial charge in [-0.3, -0.25) is 0 Å². The van der Waals surface area contributed by atoms with Gasteiger partial charge in [0.05, 0.1) is 12.2 Å². The van der Waals surface area contributed by atoms with Crippen molar-refractivity contribution in [3.05, 3.63) is 84.1 Å². The van der Waals surface area contributed by atoms with E-state index in [0.717, 1.165) is 0 Å². The van der Waals surface area contributed by atoms with Crippen molar-refractivity contribution >= 4 is 32.7 Å². The van der Waals surface area contributed by atoms with Gasteiger partial charge in [0.25, 0.3) is 8.32 Å². The molecule has 2 heterocycles. The summed E-state index contributed by atoms with van der Waals surface area (Å²) >= 11 is 0. The predicted octanol–water partition coefficient (Wildman–Crippen LogP) is 7.13. The van der Waals surface area contributed by atoms with Crippen LogP contribution < -0.4 is 10.4 Å². The average Bonchev–Trinajstić information content (AvgIpc) is 2.99. The van der Waals surface area contributed by atoms with Gasteiger partial charge in [-0.1, -0.05) is 133 Å². The molecule has 2 aliphatic rings. The molecule has 260 valence electrons. The van der Waals surface area contributed by atoms with Crippen LogP contribution in [0, 0.1) is 23.3 Å². The number of ether oxygens (including phenoxy) is 3. The molecule has 0 saturated carbocycles. The molecule has 2 aromatic rings. The zero-order valence-corrected chi connectivity index (χ0v) is 32.6. The lowest BCUT2D eigenvalue weighted by Crippen LogP contribution is -2.66. The van der Waals surface area contributed by atoms with E-state index in [0.29, 0.717) is 37.2 Å². The number of benzene rings is 2. The second-order valence-corrected chi connectivity index (χ2v) is 25.0. The largest absolute Gasteiger partial charge is 0.456 e. The van der Waals surface area contributed by atoms with Gasteiger partial charge < -0.3 is 23.7 Å². The summed E-state index contributed by atoms with van der Waals surface area (Å²) in [6.07, 6.45) is 4.41. The third-order valence-corrected chi connectivity index (χ3v) is 14.9. The summed E-state index contributed by atoms with van der Waals surface area (Å²) in [7, 11) is -4.28.